The molecule has 2 heterocycles. The molecule has 1 saturated carbocycles. The van der Waals surface area contributed by atoms with Gasteiger partial charge >= 0.3 is 0 Å². The molecular formula is C16H25N5. The third-order valence-electron chi connectivity index (χ3n) is 4.05. The first-order valence-corrected chi connectivity index (χ1v) is 7.95. The monoisotopic (exact) mass is 287 g/mol. The molecule has 0 aliphatic heterocycles. The average Bonchev–Trinajstić information content (AvgIpc) is 2.97. The van der Waals surface area contributed by atoms with Gasteiger partial charge in [-0.25, -0.2) is 9.67 Å². The first kappa shape index (κ1) is 14.3. The summed E-state index contributed by atoms with van der Waals surface area (Å²) < 4.78 is 3.97. The second-order valence-corrected chi connectivity index (χ2v) is 6.77. The molecule has 0 unspecified atom stereocenters. The van der Waals surface area contributed by atoms with Crippen molar-refractivity contribution in [2.75, 3.05) is 0 Å². The zero-order valence-electron chi connectivity index (χ0n) is 13.7. The van der Waals surface area contributed by atoms with Crippen LogP contribution in [0, 0.1) is 5.92 Å². The van der Waals surface area contributed by atoms with Gasteiger partial charge in [-0.05, 0) is 44.6 Å². The van der Waals surface area contributed by atoms with Crippen LogP contribution in [-0.4, -0.2) is 24.5 Å². The van der Waals surface area contributed by atoms with Crippen LogP contribution >= 0.6 is 0 Å². The van der Waals surface area contributed by atoms with Crippen LogP contribution < -0.4 is 0 Å². The molecule has 2 aromatic rings. The number of aryl methyl sites for hydroxylation is 1. The van der Waals surface area contributed by atoms with Gasteiger partial charge in [0.1, 0.15) is 5.69 Å². The second kappa shape index (κ2) is 5.28. The van der Waals surface area contributed by atoms with Gasteiger partial charge in [-0.3, -0.25) is 4.68 Å². The summed E-state index contributed by atoms with van der Waals surface area (Å²) in [5, 5.41) is 9.33. The number of nitrogens with zero attached hydrogens (tertiary/aromatic N) is 5. The van der Waals surface area contributed by atoms with Crippen molar-refractivity contribution >= 4 is 0 Å². The van der Waals surface area contributed by atoms with Crippen molar-refractivity contribution in [1.82, 2.24) is 24.5 Å². The minimum Gasteiger partial charge on any atom is -0.264 e. The van der Waals surface area contributed by atoms with Crippen LogP contribution in [0.25, 0.3) is 11.5 Å². The van der Waals surface area contributed by atoms with Gasteiger partial charge in [0, 0.05) is 19.5 Å². The topological polar surface area (TPSA) is 48.5 Å². The van der Waals surface area contributed by atoms with E-state index in [-0.39, 0.29) is 0 Å². The highest BCUT2D eigenvalue weighted by Crippen LogP contribution is 2.32. The summed E-state index contributed by atoms with van der Waals surface area (Å²) in [5.41, 5.74) is 2.16. The Morgan fingerprint density at radius 1 is 1.19 bits per heavy atom. The maximum Gasteiger partial charge on any atom is 0.176 e. The molecule has 5 nitrogen and oxygen atoms in total. The van der Waals surface area contributed by atoms with Gasteiger partial charge in [-0.2, -0.15) is 10.2 Å². The zero-order chi connectivity index (χ0) is 15.1. The third kappa shape index (κ3) is 2.87. The molecule has 21 heavy (non-hydrogen) atoms. The van der Waals surface area contributed by atoms with Gasteiger partial charge in [-0.15, -0.1) is 0 Å². The minimum absolute atomic E-state index is 0.304. The van der Waals surface area contributed by atoms with Crippen LogP contribution in [0.5, 0.6) is 0 Å². The molecule has 3 rings (SSSR count). The predicted octanol–water partition coefficient (Wildman–Crippen LogP) is 3.34. The summed E-state index contributed by atoms with van der Waals surface area (Å²) in [6.45, 7) is 8.63. The van der Waals surface area contributed by atoms with E-state index in [1.807, 2.05) is 16.4 Å². The molecule has 0 radical (unpaired) electrons. The largest absolute Gasteiger partial charge is 0.264 e. The van der Waals surface area contributed by atoms with Gasteiger partial charge in [0.15, 0.2) is 11.6 Å². The Kier molecular flexibility index (Phi) is 3.59. The summed E-state index contributed by atoms with van der Waals surface area (Å²) in [6.07, 6.45) is 3.67. The van der Waals surface area contributed by atoms with Crippen LogP contribution in [0.15, 0.2) is 6.07 Å². The van der Waals surface area contributed by atoms with Crippen LogP contribution in [0.1, 0.15) is 64.0 Å². The molecule has 0 saturated heterocycles. The van der Waals surface area contributed by atoms with E-state index in [1.165, 1.54) is 12.8 Å². The van der Waals surface area contributed by atoms with Crippen molar-refractivity contribution in [3.63, 3.8) is 0 Å². The molecule has 0 aromatic carbocycles. The number of hydrogen-bond acceptors (Lipinski definition) is 3. The Bertz CT molecular complexity index is 631. The first-order valence-electron chi connectivity index (χ1n) is 7.95. The summed E-state index contributed by atoms with van der Waals surface area (Å²) in [6, 6.07) is 2.45. The molecule has 0 amide bonds. The maximum absolute atomic E-state index is 4.81. The Balaban J connectivity index is 2.01. The fraction of sp³-hybridized carbons (Fsp3) is 0.688. The predicted molar refractivity (Wildman–Crippen MR) is 83.1 cm³/mol. The Morgan fingerprint density at radius 2 is 1.90 bits per heavy atom. The lowest BCUT2D eigenvalue weighted by Crippen LogP contribution is -2.07. The van der Waals surface area contributed by atoms with E-state index in [1.54, 1.807) is 0 Å². The van der Waals surface area contributed by atoms with Crippen LogP contribution in [0.4, 0.5) is 0 Å². The van der Waals surface area contributed by atoms with Crippen molar-refractivity contribution in [1.29, 1.82) is 0 Å². The SMILES string of the molecule is CC(C)c1cc(-c2nc(CC3CC3)nn2C(C)C)n(C)n1. The second-order valence-electron chi connectivity index (χ2n) is 6.77. The number of hydrogen-bond donors (Lipinski definition) is 0. The quantitative estimate of drug-likeness (QED) is 0.847. The molecule has 0 spiro atoms. The van der Waals surface area contributed by atoms with Crippen molar-refractivity contribution in [2.45, 2.75) is 58.9 Å². The summed E-state index contributed by atoms with van der Waals surface area (Å²) in [7, 11) is 1.99. The van der Waals surface area contributed by atoms with E-state index in [4.69, 9.17) is 10.1 Å². The average molecular weight is 287 g/mol. The first-order chi connectivity index (χ1) is 9.95. The van der Waals surface area contributed by atoms with Crippen molar-refractivity contribution in [2.24, 2.45) is 13.0 Å². The molecular weight excluding hydrogens is 262 g/mol. The molecule has 0 atom stereocenters. The van der Waals surface area contributed by atoms with Gasteiger partial charge in [0.25, 0.3) is 0 Å². The van der Waals surface area contributed by atoms with Gasteiger partial charge < -0.3 is 0 Å². The zero-order valence-corrected chi connectivity index (χ0v) is 13.7. The molecule has 0 bridgehead atoms. The van der Waals surface area contributed by atoms with E-state index in [0.29, 0.717) is 12.0 Å². The Morgan fingerprint density at radius 3 is 2.43 bits per heavy atom. The van der Waals surface area contributed by atoms with E-state index in [2.05, 4.69) is 38.9 Å². The highest BCUT2D eigenvalue weighted by Gasteiger charge is 2.26. The molecule has 1 fully saturated rings. The van der Waals surface area contributed by atoms with Crippen molar-refractivity contribution < 1.29 is 0 Å². The van der Waals surface area contributed by atoms with E-state index >= 15 is 0 Å². The lowest BCUT2D eigenvalue weighted by Gasteiger charge is -2.08. The molecule has 1 aliphatic carbocycles. The fourth-order valence-electron chi connectivity index (χ4n) is 2.55. The van der Waals surface area contributed by atoms with Crippen molar-refractivity contribution in [3.8, 4) is 11.5 Å². The Labute approximate surface area is 126 Å². The highest BCUT2D eigenvalue weighted by atomic mass is 15.4. The van der Waals surface area contributed by atoms with Crippen LogP contribution in [-0.2, 0) is 13.5 Å². The fourth-order valence-corrected chi connectivity index (χ4v) is 2.55. The maximum atomic E-state index is 4.81. The van der Waals surface area contributed by atoms with Gasteiger partial charge in [0.2, 0.25) is 0 Å². The highest BCUT2D eigenvalue weighted by molar-refractivity contribution is 5.51. The smallest absolute Gasteiger partial charge is 0.176 e. The van der Waals surface area contributed by atoms with E-state index in [9.17, 15) is 0 Å². The van der Waals surface area contributed by atoms with Crippen molar-refractivity contribution in [3.05, 3.63) is 17.6 Å². The summed E-state index contributed by atoms with van der Waals surface area (Å²) >= 11 is 0. The molecule has 2 aromatic heterocycles. The number of rotatable bonds is 5. The van der Waals surface area contributed by atoms with E-state index in [0.717, 1.165) is 35.4 Å². The van der Waals surface area contributed by atoms with Crippen LogP contribution in [0.3, 0.4) is 0 Å². The molecule has 114 valence electrons. The van der Waals surface area contributed by atoms with E-state index < -0.39 is 0 Å². The van der Waals surface area contributed by atoms with Crippen LogP contribution in [0.2, 0.25) is 0 Å². The number of aromatic nitrogens is 5. The summed E-state index contributed by atoms with van der Waals surface area (Å²) in [4.78, 5) is 4.81. The van der Waals surface area contributed by atoms with Gasteiger partial charge in [-0.1, -0.05) is 13.8 Å². The molecule has 0 N–H and O–H groups in total. The van der Waals surface area contributed by atoms with Gasteiger partial charge in [0.05, 0.1) is 5.69 Å². The standard InChI is InChI=1S/C16H25N5/c1-10(2)13-9-14(20(5)18-13)16-17-15(8-12-6-7-12)19-21(16)11(3)4/h9-12H,6-8H2,1-5H3. The normalized spacial score (nSPS) is 15.4. The third-order valence-corrected chi connectivity index (χ3v) is 4.05. The Hall–Kier alpha value is -1.65. The minimum atomic E-state index is 0.304. The molecule has 1 aliphatic rings. The summed E-state index contributed by atoms with van der Waals surface area (Å²) in [5.74, 6) is 3.15. The molecule has 5 heteroatoms. The lowest BCUT2D eigenvalue weighted by atomic mass is 10.1. The lowest BCUT2D eigenvalue weighted by molar-refractivity contribution is 0.527.